The second kappa shape index (κ2) is 9.42. The van der Waals surface area contributed by atoms with Crippen LogP contribution in [0.25, 0.3) is 0 Å². The second-order valence-corrected chi connectivity index (χ2v) is 2.85. The van der Waals surface area contributed by atoms with E-state index in [2.05, 4.69) is 5.32 Å². The fourth-order valence-electron chi connectivity index (χ4n) is 0.781. The fourth-order valence-corrected chi connectivity index (χ4v) is 0.781. The van der Waals surface area contributed by atoms with Gasteiger partial charge in [-0.05, 0) is 0 Å². The van der Waals surface area contributed by atoms with E-state index in [-0.39, 0.29) is 18.9 Å². The molecule has 0 aliphatic carbocycles. The highest BCUT2D eigenvalue weighted by Gasteiger charge is 1.96. The van der Waals surface area contributed by atoms with Crippen molar-refractivity contribution in [2.24, 2.45) is 0 Å². The smallest absolute Gasteiger partial charge is 0.305 e. The fraction of sp³-hybridized carbons (Fsp3) is 0.778. The minimum atomic E-state index is -0.874. The molecule has 88 valence electrons. The highest BCUT2D eigenvalue weighted by molar-refractivity contribution is 5.72. The average Bonchev–Trinajstić information content (AvgIpc) is 2.14. The normalized spacial score (nSPS) is 9.93. The molecule has 0 aliphatic rings. The SMILES string of the molecule is CC(=O)NCCOCCOCCC(=O)O. The lowest BCUT2D eigenvalue weighted by molar-refractivity contribution is -0.138. The summed E-state index contributed by atoms with van der Waals surface area (Å²) in [6, 6.07) is 0. The summed E-state index contributed by atoms with van der Waals surface area (Å²) in [5, 5.41) is 10.9. The standard InChI is InChI=1S/C9H17NO5/c1-8(11)10-3-5-15-7-6-14-4-2-9(12)13/h2-7H2,1H3,(H,10,11)(H,12,13). The van der Waals surface area contributed by atoms with Crippen molar-refractivity contribution in [3.8, 4) is 0 Å². The number of nitrogens with one attached hydrogen (secondary N) is 1. The Morgan fingerprint density at radius 3 is 2.27 bits per heavy atom. The van der Waals surface area contributed by atoms with Gasteiger partial charge in [0.05, 0.1) is 32.8 Å². The average molecular weight is 219 g/mol. The summed E-state index contributed by atoms with van der Waals surface area (Å²) >= 11 is 0. The van der Waals surface area contributed by atoms with E-state index in [1.165, 1.54) is 6.92 Å². The van der Waals surface area contributed by atoms with Crippen LogP contribution >= 0.6 is 0 Å². The lowest BCUT2D eigenvalue weighted by atomic mass is 10.5. The predicted octanol–water partition coefficient (Wildman–Crippen LogP) is -0.370. The molecule has 0 atom stereocenters. The molecule has 0 bridgehead atoms. The van der Waals surface area contributed by atoms with E-state index in [9.17, 15) is 9.59 Å². The summed E-state index contributed by atoms with van der Waals surface area (Å²) in [6.07, 6.45) is 0.00585. The topological polar surface area (TPSA) is 84.9 Å². The van der Waals surface area contributed by atoms with Crippen molar-refractivity contribution in [1.29, 1.82) is 0 Å². The second-order valence-electron chi connectivity index (χ2n) is 2.85. The maximum Gasteiger partial charge on any atom is 0.305 e. The van der Waals surface area contributed by atoms with Crippen molar-refractivity contribution >= 4 is 11.9 Å². The minimum absolute atomic E-state index is 0.00585. The van der Waals surface area contributed by atoms with E-state index in [0.717, 1.165) is 0 Å². The summed E-state index contributed by atoms with van der Waals surface area (Å²) in [6.45, 7) is 3.32. The first-order valence-corrected chi connectivity index (χ1v) is 4.74. The van der Waals surface area contributed by atoms with Crippen LogP contribution in [-0.2, 0) is 19.1 Å². The van der Waals surface area contributed by atoms with E-state index < -0.39 is 5.97 Å². The molecule has 0 radical (unpaired) electrons. The van der Waals surface area contributed by atoms with Gasteiger partial charge >= 0.3 is 5.97 Å². The number of carbonyl (C=O) groups excluding carboxylic acids is 1. The molecule has 2 N–H and O–H groups in total. The number of carboxylic acids is 1. The van der Waals surface area contributed by atoms with Gasteiger partial charge in [-0.3, -0.25) is 9.59 Å². The van der Waals surface area contributed by atoms with Gasteiger partial charge in [0.15, 0.2) is 0 Å². The van der Waals surface area contributed by atoms with Crippen LogP contribution in [0.5, 0.6) is 0 Å². The van der Waals surface area contributed by atoms with Crippen LogP contribution < -0.4 is 5.32 Å². The van der Waals surface area contributed by atoms with Crippen LogP contribution in [-0.4, -0.2) is 50.0 Å². The number of hydrogen-bond acceptors (Lipinski definition) is 4. The zero-order valence-electron chi connectivity index (χ0n) is 8.82. The molecule has 0 aromatic carbocycles. The third-order valence-electron chi connectivity index (χ3n) is 1.45. The van der Waals surface area contributed by atoms with Crippen molar-refractivity contribution < 1.29 is 24.2 Å². The molecule has 0 unspecified atom stereocenters. The largest absolute Gasteiger partial charge is 0.481 e. The van der Waals surface area contributed by atoms with Crippen LogP contribution in [0, 0.1) is 0 Å². The van der Waals surface area contributed by atoms with E-state index in [1.807, 2.05) is 0 Å². The Labute approximate surface area is 88.6 Å². The summed E-state index contributed by atoms with van der Waals surface area (Å²) in [5.41, 5.74) is 0. The third-order valence-corrected chi connectivity index (χ3v) is 1.45. The number of ether oxygens (including phenoxy) is 2. The lowest BCUT2D eigenvalue weighted by Gasteiger charge is -2.05. The minimum Gasteiger partial charge on any atom is -0.481 e. The molecular weight excluding hydrogens is 202 g/mol. The maximum absolute atomic E-state index is 10.4. The molecule has 0 spiro atoms. The van der Waals surface area contributed by atoms with Crippen molar-refractivity contribution in [2.75, 3.05) is 33.0 Å². The number of amides is 1. The van der Waals surface area contributed by atoms with E-state index in [1.54, 1.807) is 0 Å². The molecule has 6 nitrogen and oxygen atoms in total. The monoisotopic (exact) mass is 219 g/mol. The van der Waals surface area contributed by atoms with Gasteiger partial charge in [-0.25, -0.2) is 0 Å². The Bertz CT molecular complexity index is 175. The Hall–Kier alpha value is -1.14. The molecule has 0 saturated carbocycles. The van der Waals surface area contributed by atoms with Crippen LogP contribution in [0.15, 0.2) is 0 Å². The van der Waals surface area contributed by atoms with Gasteiger partial charge in [0.2, 0.25) is 5.91 Å². The van der Waals surface area contributed by atoms with Crippen LogP contribution in [0.4, 0.5) is 0 Å². The van der Waals surface area contributed by atoms with Crippen molar-refractivity contribution in [1.82, 2.24) is 5.32 Å². The van der Waals surface area contributed by atoms with Crippen molar-refractivity contribution in [3.05, 3.63) is 0 Å². The Kier molecular flexibility index (Phi) is 8.70. The van der Waals surface area contributed by atoms with Gasteiger partial charge in [0.1, 0.15) is 0 Å². The highest BCUT2D eigenvalue weighted by atomic mass is 16.5. The van der Waals surface area contributed by atoms with Gasteiger partial charge in [0, 0.05) is 13.5 Å². The maximum atomic E-state index is 10.4. The molecular formula is C9H17NO5. The van der Waals surface area contributed by atoms with Crippen molar-refractivity contribution in [3.63, 3.8) is 0 Å². The van der Waals surface area contributed by atoms with Gasteiger partial charge in [0.25, 0.3) is 0 Å². The molecule has 0 aromatic rings. The number of carbonyl (C=O) groups is 2. The van der Waals surface area contributed by atoms with E-state index in [4.69, 9.17) is 14.6 Å². The van der Waals surface area contributed by atoms with Crippen LogP contribution in [0.1, 0.15) is 13.3 Å². The Morgan fingerprint density at radius 1 is 1.13 bits per heavy atom. The zero-order valence-corrected chi connectivity index (χ0v) is 8.82. The molecule has 1 amide bonds. The number of carboxylic acid groups (broad SMARTS) is 1. The van der Waals surface area contributed by atoms with Gasteiger partial charge in [-0.1, -0.05) is 0 Å². The van der Waals surface area contributed by atoms with Gasteiger partial charge in [-0.15, -0.1) is 0 Å². The van der Waals surface area contributed by atoms with Gasteiger partial charge in [-0.2, -0.15) is 0 Å². The molecule has 0 heterocycles. The van der Waals surface area contributed by atoms with E-state index >= 15 is 0 Å². The van der Waals surface area contributed by atoms with Crippen LogP contribution in [0.3, 0.4) is 0 Å². The Morgan fingerprint density at radius 2 is 1.73 bits per heavy atom. The zero-order chi connectivity index (χ0) is 11.5. The van der Waals surface area contributed by atoms with Gasteiger partial charge < -0.3 is 19.9 Å². The number of aliphatic carboxylic acids is 1. The molecule has 0 rings (SSSR count). The van der Waals surface area contributed by atoms with Crippen LogP contribution in [0.2, 0.25) is 0 Å². The summed E-state index contributed by atoms with van der Waals surface area (Å²) < 4.78 is 10.1. The summed E-state index contributed by atoms with van der Waals surface area (Å²) in [4.78, 5) is 20.5. The molecule has 0 fully saturated rings. The predicted molar refractivity (Wildman–Crippen MR) is 52.6 cm³/mol. The first-order chi connectivity index (χ1) is 7.13. The molecule has 0 aromatic heterocycles. The summed E-state index contributed by atoms with van der Waals surface area (Å²) in [5.74, 6) is -0.960. The first-order valence-electron chi connectivity index (χ1n) is 4.74. The third kappa shape index (κ3) is 12.9. The number of hydrogen-bond donors (Lipinski definition) is 2. The Balaban J connectivity index is 2.99. The molecule has 6 heteroatoms. The summed E-state index contributed by atoms with van der Waals surface area (Å²) in [7, 11) is 0. The van der Waals surface area contributed by atoms with E-state index in [0.29, 0.717) is 26.4 Å². The lowest BCUT2D eigenvalue weighted by Crippen LogP contribution is -2.25. The quantitative estimate of drug-likeness (QED) is 0.517. The first kappa shape index (κ1) is 13.9. The number of rotatable bonds is 9. The highest BCUT2D eigenvalue weighted by Crippen LogP contribution is 1.83. The van der Waals surface area contributed by atoms with Crippen molar-refractivity contribution in [2.45, 2.75) is 13.3 Å². The molecule has 0 aliphatic heterocycles. The molecule has 15 heavy (non-hydrogen) atoms. The molecule has 0 saturated heterocycles.